The van der Waals surface area contributed by atoms with Crippen LogP contribution in [0.2, 0.25) is 0 Å². The number of carboxylic acids is 1. The Morgan fingerprint density at radius 1 is 1.24 bits per heavy atom. The van der Waals surface area contributed by atoms with Crippen LogP contribution < -0.4 is 10.6 Å². The van der Waals surface area contributed by atoms with Gasteiger partial charge in [-0.1, -0.05) is 12.1 Å². The maximum atomic E-state index is 11.9. The number of rotatable bonds is 8. The molecule has 1 aromatic rings. The number of hydrogen-bond acceptors (Lipinski definition) is 6. The Bertz CT molecular complexity index is 675. The van der Waals surface area contributed by atoms with Crippen molar-refractivity contribution in [2.24, 2.45) is 0 Å². The Balaban J connectivity index is 2.64. The van der Waals surface area contributed by atoms with Crippen LogP contribution in [0.5, 0.6) is 0 Å². The molecule has 4 N–H and O–H groups in total. The molecule has 0 bridgehead atoms. The zero-order valence-electron chi connectivity index (χ0n) is 13.6. The molecule has 0 radical (unpaired) electrons. The highest BCUT2D eigenvalue weighted by molar-refractivity contribution is 5.90. The van der Waals surface area contributed by atoms with Crippen molar-refractivity contribution >= 4 is 23.5 Å². The van der Waals surface area contributed by atoms with E-state index >= 15 is 0 Å². The van der Waals surface area contributed by atoms with Crippen LogP contribution in [0.15, 0.2) is 24.3 Å². The number of non-ortho nitro benzene ring substituents is 1. The fourth-order valence-corrected chi connectivity index (χ4v) is 1.99. The lowest BCUT2D eigenvalue weighted by Crippen LogP contribution is -2.53. The number of hydrogen-bond donors (Lipinski definition) is 4. The third kappa shape index (κ3) is 6.18. The highest BCUT2D eigenvalue weighted by Gasteiger charge is 2.27. The van der Waals surface area contributed by atoms with E-state index in [-0.39, 0.29) is 12.1 Å². The van der Waals surface area contributed by atoms with Gasteiger partial charge in [-0.3, -0.25) is 19.7 Å². The minimum Gasteiger partial charge on any atom is -0.480 e. The van der Waals surface area contributed by atoms with Crippen molar-refractivity contribution in [2.45, 2.75) is 38.5 Å². The third-order valence-corrected chi connectivity index (χ3v) is 3.30. The normalized spacial score (nSPS) is 14.0. The minimum atomic E-state index is -1.50. The van der Waals surface area contributed by atoms with Crippen molar-refractivity contribution in [1.82, 2.24) is 10.6 Å². The average Bonchev–Trinajstić information content (AvgIpc) is 2.51. The van der Waals surface area contributed by atoms with E-state index in [0.717, 1.165) is 0 Å². The first-order valence-electron chi connectivity index (χ1n) is 7.35. The quantitative estimate of drug-likeness (QED) is 0.365. The number of aliphatic hydroxyl groups is 1. The summed E-state index contributed by atoms with van der Waals surface area (Å²) in [5.74, 6) is -2.74. The summed E-state index contributed by atoms with van der Waals surface area (Å²) in [6, 6.07) is 2.97. The van der Waals surface area contributed by atoms with E-state index in [9.17, 15) is 29.6 Å². The van der Waals surface area contributed by atoms with Crippen LogP contribution in [-0.2, 0) is 20.8 Å². The summed E-state index contributed by atoms with van der Waals surface area (Å²) in [7, 11) is 0. The Labute approximate surface area is 143 Å². The van der Waals surface area contributed by atoms with Crippen molar-refractivity contribution < 1.29 is 29.5 Å². The van der Waals surface area contributed by atoms with Gasteiger partial charge in [-0.25, -0.2) is 4.79 Å². The predicted octanol–water partition coefficient (Wildman–Crippen LogP) is -0.408. The van der Waals surface area contributed by atoms with E-state index in [1.54, 1.807) is 0 Å². The number of aliphatic carboxylic acids is 1. The van der Waals surface area contributed by atoms with E-state index in [4.69, 9.17) is 5.11 Å². The molecule has 0 unspecified atom stereocenters. The van der Waals surface area contributed by atoms with E-state index in [1.807, 2.05) is 0 Å². The van der Waals surface area contributed by atoms with E-state index in [0.29, 0.717) is 5.56 Å². The second kappa shape index (κ2) is 8.73. The number of carbonyl (C=O) groups is 3. The molecule has 2 amide bonds. The molecule has 0 saturated carbocycles. The average molecular weight is 353 g/mol. The standard InChI is InChI=1S/C15H19N3O7/c1-8(14(21)17-13(9(2)19)15(22)23)16-12(20)7-10-4-3-5-11(6-10)18(24)25/h3-6,8-9,13,19H,7H2,1-2H3,(H,16,20)(H,17,21)(H,22,23)/t8-,9+,13-/m0/s1. The monoisotopic (exact) mass is 353 g/mol. The summed E-state index contributed by atoms with van der Waals surface area (Å²) in [6.45, 7) is 2.56. The molecule has 0 aromatic heterocycles. The third-order valence-electron chi connectivity index (χ3n) is 3.30. The molecule has 0 spiro atoms. The number of benzene rings is 1. The number of amides is 2. The second-order valence-corrected chi connectivity index (χ2v) is 5.46. The van der Waals surface area contributed by atoms with Crippen LogP contribution >= 0.6 is 0 Å². The highest BCUT2D eigenvalue weighted by atomic mass is 16.6. The van der Waals surface area contributed by atoms with E-state index < -0.39 is 40.9 Å². The molecular weight excluding hydrogens is 334 g/mol. The van der Waals surface area contributed by atoms with Crippen LogP contribution in [0.25, 0.3) is 0 Å². The fraction of sp³-hybridized carbons (Fsp3) is 0.400. The molecule has 25 heavy (non-hydrogen) atoms. The summed E-state index contributed by atoms with van der Waals surface area (Å²) < 4.78 is 0. The Hall–Kier alpha value is -3.01. The predicted molar refractivity (Wildman–Crippen MR) is 85.7 cm³/mol. The number of nitrogens with one attached hydrogen (secondary N) is 2. The summed E-state index contributed by atoms with van der Waals surface area (Å²) in [4.78, 5) is 44.9. The summed E-state index contributed by atoms with van der Waals surface area (Å²) >= 11 is 0. The van der Waals surface area contributed by atoms with Gasteiger partial charge in [-0.15, -0.1) is 0 Å². The second-order valence-electron chi connectivity index (χ2n) is 5.46. The van der Waals surface area contributed by atoms with Crippen molar-refractivity contribution in [3.05, 3.63) is 39.9 Å². The zero-order chi connectivity index (χ0) is 19.1. The number of nitrogens with zero attached hydrogens (tertiary/aromatic N) is 1. The molecule has 0 aliphatic rings. The van der Waals surface area contributed by atoms with Crippen LogP contribution in [0, 0.1) is 10.1 Å². The first kappa shape index (κ1) is 20.0. The van der Waals surface area contributed by atoms with Gasteiger partial charge in [0.25, 0.3) is 5.69 Å². The van der Waals surface area contributed by atoms with Gasteiger partial charge >= 0.3 is 5.97 Å². The van der Waals surface area contributed by atoms with Gasteiger partial charge in [0.1, 0.15) is 6.04 Å². The van der Waals surface area contributed by atoms with Crippen LogP contribution in [0.3, 0.4) is 0 Å². The topological polar surface area (TPSA) is 159 Å². The van der Waals surface area contributed by atoms with E-state index in [2.05, 4.69) is 10.6 Å². The van der Waals surface area contributed by atoms with E-state index in [1.165, 1.54) is 38.1 Å². The number of nitro groups is 1. The summed E-state index contributed by atoms with van der Waals surface area (Å²) in [5.41, 5.74) is 0.240. The Kier molecular flexibility index (Phi) is 7.00. The Morgan fingerprint density at radius 2 is 1.88 bits per heavy atom. The molecule has 0 heterocycles. The molecule has 10 nitrogen and oxygen atoms in total. The molecule has 136 valence electrons. The van der Waals surface area contributed by atoms with Crippen molar-refractivity contribution in [2.75, 3.05) is 0 Å². The molecule has 0 saturated heterocycles. The SMILES string of the molecule is C[C@H](NC(=O)Cc1cccc([N+](=O)[O-])c1)C(=O)N[C@H](C(=O)O)[C@@H](C)O. The number of carbonyl (C=O) groups excluding carboxylic acids is 2. The molecule has 1 rings (SSSR count). The lowest BCUT2D eigenvalue weighted by atomic mass is 10.1. The highest BCUT2D eigenvalue weighted by Crippen LogP contribution is 2.13. The zero-order valence-corrected chi connectivity index (χ0v) is 13.6. The number of carboxylic acid groups (broad SMARTS) is 1. The van der Waals surface area contributed by atoms with Crippen LogP contribution in [-0.4, -0.2) is 51.1 Å². The van der Waals surface area contributed by atoms with Gasteiger partial charge in [0.05, 0.1) is 17.4 Å². The summed E-state index contributed by atoms with van der Waals surface area (Å²) in [6.07, 6.45) is -1.49. The number of nitro benzene ring substituents is 1. The lowest BCUT2D eigenvalue weighted by molar-refractivity contribution is -0.384. The molecule has 0 fully saturated rings. The molecule has 0 aliphatic heterocycles. The fourth-order valence-electron chi connectivity index (χ4n) is 1.99. The van der Waals surface area contributed by atoms with Gasteiger partial charge in [0.2, 0.25) is 11.8 Å². The van der Waals surface area contributed by atoms with Crippen LogP contribution in [0.4, 0.5) is 5.69 Å². The maximum absolute atomic E-state index is 11.9. The van der Waals surface area contributed by atoms with Crippen molar-refractivity contribution in [1.29, 1.82) is 0 Å². The maximum Gasteiger partial charge on any atom is 0.328 e. The van der Waals surface area contributed by atoms with Gasteiger partial charge in [-0.05, 0) is 19.4 Å². The van der Waals surface area contributed by atoms with Gasteiger partial charge in [0.15, 0.2) is 6.04 Å². The lowest BCUT2D eigenvalue weighted by Gasteiger charge is -2.20. The van der Waals surface area contributed by atoms with Gasteiger partial charge < -0.3 is 20.8 Å². The smallest absolute Gasteiger partial charge is 0.328 e. The minimum absolute atomic E-state index is 0.155. The van der Waals surface area contributed by atoms with Crippen LogP contribution in [0.1, 0.15) is 19.4 Å². The van der Waals surface area contributed by atoms with Gasteiger partial charge in [0, 0.05) is 12.1 Å². The largest absolute Gasteiger partial charge is 0.480 e. The Morgan fingerprint density at radius 3 is 2.40 bits per heavy atom. The van der Waals surface area contributed by atoms with Crippen molar-refractivity contribution in [3.63, 3.8) is 0 Å². The van der Waals surface area contributed by atoms with Crippen molar-refractivity contribution in [3.8, 4) is 0 Å². The van der Waals surface area contributed by atoms with Gasteiger partial charge in [-0.2, -0.15) is 0 Å². The molecule has 10 heteroatoms. The molecule has 0 aliphatic carbocycles. The number of aliphatic hydroxyl groups excluding tert-OH is 1. The molecular formula is C15H19N3O7. The molecule has 3 atom stereocenters. The summed E-state index contributed by atoms with van der Waals surface area (Å²) in [5, 5.41) is 33.4. The molecule has 1 aromatic carbocycles. The first-order valence-corrected chi connectivity index (χ1v) is 7.35. The first-order chi connectivity index (χ1) is 11.6.